The largest absolute Gasteiger partial charge is 0.370 e. The predicted molar refractivity (Wildman–Crippen MR) is 84.2 cm³/mol. The van der Waals surface area contributed by atoms with Crippen molar-refractivity contribution in [2.45, 2.75) is 20.8 Å². The molecule has 3 rings (SSSR count). The van der Waals surface area contributed by atoms with Gasteiger partial charge in [-0.25, -0.2) is 14.4 Å². The molecule has 0 aliphatic heterocycles. The number of rotatable bonds is 3. The molecule has 0 atom stereocenters. The summed E-state index contributed by atoms with van der Waals surface area (Å²) in [4.78, 5) is 14.9. The van der Waals surface area contributed by atoms with Crippen LogP contribution in [0.15, 0.2) is 18.5 Å². The van der Waals surface area contributed by atoms with E-state index in [2.05, 4.69) is 34.1 Å². The fourth-order valence-corrected chi connectivity index (χ4v) is 3.25. The van der Waals surface area contributed by atoms with E-state index in [1.165, 1.54) is 16.6 Å². The smallest absolute Gasteiger partial charge is 0.166 e. The molecule has 0 saturated heterocycles. The summed E-state index contributed by atoms with van der Waals surface area (Å²) in [6.07, 6.45) is 2.73. The lowest BCUT2D eigenvalue weighted by Crippen LogP contribution is -2.03. The van der Waals surface area contributed by atoms with Crippen molar-refractivity contribution < 1.29 is 4.39 Å². The van der Waals surface area contributed by atoms with Gasteiger partial charge in [0.15, 0.2) is 11.6 Å². The summed E-state index contributed by atoms with van der Waals surface area (Å²) in [5.41, 5.74) is 1.54. The van der Waals surface area contributed by atoms with Crippen LogP contribution in [0.3, 0.4) is 0 Å². The number of thiophene rings is 1. The standard InChI is InChI=1S/C15H15FN4S/c1-4-18-14-12-8(2)9(3)21-15(12)20-13(19-14)10-5-6-17-7-11(10)16/h5-7H,4H2,1-3H3,(H,18,19,20). The molecule has 0 unspecified atom stereocenters. The molecule has 0 aliphatic rings. The number of nitrogens with one attached hydrogen (secondary N) is 1. The van der Waals surface area contributed by atoms with Crippen LogP contribution < -0.4 is 5.32 Å². The number of aromatic nitrogens is 3. The van der Waals surface area contributed by atoms with Gasteiger partial charge in [-0.2, -0.15) is 0 Å². The molecule has 1 N–H and O–H groups in total. The van der Waals surface area contributed by atoms with Crippen LogP contribution in [0.25, 0.3) is 21.6 Å². The maximum absolute atomic E-state index is 13.9. The lowest BCUT2D eigenvalue weighted by atomic mass is 10.2. The zero-order chi connectivity index (χ0) is 15.0. The predicted octanol–water partition coefficient (Wildman–Crippen LogP) is 3.94. The van der Waals surface area contributed by atoms with E-state index in [9.17, 15) is 4.39 Å². The van der Waals surface area contributed by atoms with Crippen LogP contribution in [0, 0.1) is 19.7 Å². The molecule has 6 heteroatoms. The van der Waals surface area contributed by atoms with Crippen LogP contribution in [-0.4, -0.2) is 21.5 Å². The number of pyridine rings is 1. The Labute approximate surface area is 126 Å². The van der Waals surface area contributed by atoms with Gasteiger partial charge < -0.3 is 5.32 Å². The molecule has 0 fully saturated rings. The molecule has 0 amide bonds. The topological polar surface area (TPSA) is 50.7 Å². The van der Waals surface area contributed by atoms with E-state index in [0.29, 0.717) is 11.4 Å². The molecule has 0 aliphatic carbocycles. The molecular weight excluding hydrogens is 287 g/mol. The van der Waals surface area contributed by atoms with E-state index in [4.69, 9.17) is 0 Å². The van der Waals surface area contributed by atoms with Crippen molar-refractivity contribution in [2.24, 2.45) is 0 Å². The third kappa shape index (κ3) is 2.35. The first-order chi connectivity index (χ1) is 10.1. The second-order valence-electron chi connectivity index (χ2n) is 4.75. The van der Waals surface area contributed by atoms with Crippen LogP contribution in [-0.2, 0) is 0 Å². The Hall–Kier alpha value is -2.08. The number of aryl methyl sites for hydroxylation is 2. The molecular formula is C15H15FN4S. The third-order valence-electron chi connectivity index (χ3n) is 3.39. The molecule has 0 radical (unpaired) electrons. The Morgan fingerprint density at radius 3 is 2.81 bits per heavy atom. The molecule has 0 saturated carbocycles. The van der Waals surface area contributed by atoms with Crippen molar-refractivity contribution >= 4 is 27.4 Å². The third-order valence-corrected chi connectivity index (χ3v) is 4.49. The molecule has 3 aromatic heterocycles. The second kappa shape index (κ2) is 5.37. The van der Waals surface area contributed by atoms with Crippen molar-refractivity contribution in [3.05, 3.63) is 34.7 Å². The first-order valence-corrected chi connectivity index (χ1v) is 7.55. The molecule has 21 heavy (non-hydrogen) atoms. The normalized spacial score (nSPS) is 11.0. The molecule has 0 aromatic carbocycles. The fourth-order valence-electron chi connectivity index (χ4n) is 2.22. The van der Waals surface area contributed by atoms with E-state index >= 15 is 0 Å². The summed E-state index contributed by atoms with van der Waals surface area (Å²) in [7, 11) is 0. The van der Waals surface area contributed by atoms with Gasteiger partial charge in [0.05, 0.1) is 17.1 Å². The zero-order valence-corrected chi connectivity index (χ0v) is 12.9. The van der Waals surface area contributed by atoms with Crippen molar-refractivity contribution in [2.75, 3.05) is 11.9 Å². The summed E-state index contributed by atoms with van der Waals surface area (Å²) < 4.78 is 13.9. The Balaban J connectivity index is 2.29. The summed E-state index contributed by atoms with van der Waals surface area (Å²) in [5.74, 6) is 0.736. The number of nitrogens with zero attached hydrogens (tertiary/aromatic N) is 3. The maximum atomic E-state index is 13.9. The van der Waals surface area contributed by atoms with Crippen LogP contribution in [0.2, 0.25) is 0 Å². The van der Waals surface area contributed by atoms with E-state index < -0.39 is 5.82 Å². The SMILES string of the molecule is CCNc1nc(-c2ccncc2F)nc2sc(C)c(C)c12. The van der Waals surface area contributed by atoms with Gasteiger partial charge in [-0.15, -0.1) is 11.3 Å². The molecule has 3 aromatic rings. The minimum absolute atomic E-state index is 0.370. The van der Waals surface area contributed by atoms with Gasteiger partial charge in [-0.1, -0.05) is 0 Å². The first kappa shape index (κ1) is 13.9. The van der Waals surface area contributed by atoms with Gasteiger partial charge in [0, 0.05) is 17.6 Å². The van der Waals surface area contributed by atoms with Crippen molar-refractivity contribution in [3.63, 3.8) is 0 Å². The first-order valence-electron chi connectivity index (χ1n) is 6.73. The molecule has 0 spiro atoms. The quantitative estimate of drug-likeness (QED) is 0.796. The highest BCUT2D eigenvalue weighted by atomic mass is 32.1. The average molecular weight is 302 g/mol. The molecule has 108 valence electrons. The number of halogens is 1. The monoisotopic (exact) mass is 302 g/mol. The summed E-state index contributed by atoms with van der Waals surface area (Å²) >= 11 is 1.60. The van der Waals surface area contributed by atoms with E-state index in [1.807, 2.05) is 6.92 Å². The number of anilines is 1. The Morgan fingerprint density at radius 1 is 1.29 bits per heavy atom. The Morgan fingerprint density at radius 2 is 2.10 bits per heavy atom. The van der Waals surface area contributed by atoms with Crippen LogP contribution in [0.1, 0.15) is 17.4 Å². The van der Waals surface area contributed by atoms with Crippen molar-refractivity contribution in [1.82, 2.24) is 15.0 Å². The Kier molecular flexibility index (Phi) is 3.55. The van der Waals surface area contributed by atoms with Gasteiger partial charge in [0.25, 0.3) is 0 Å². The van der Waals surface area contributed by atoms with Gasteiger partial charge in [0.1, 0.15) is 10.6 Å². The molecule has 0 bridgehead atoms. The zero-order valence-electron chi connectivity index (χ0n) is 12.1. The fraction of sp³-hybridized carbons (Fsp3) is 0.267. The van der Waals surface area contributed by atoms with Gasteiger partial charge in [-0.3, -0.25) is 4.98 Å². The van der Waals surface area contributed by atoms with Crippen LogP contribution in [0.4, 0.5) is 10.2 Å². The van der Waals surface area contributed by atoms with E-state index in [1.54, 1.807) is 23.6 Å². The lowest BCUT2D eigenvalue weighted by molar-refractivity contribution is 0.624. The minimum atomic E-state index is -0.413. The highest BCUT2D eigenvalue weighted by molar-refractivity contribution is 7.18. The number of hydrogen-bond acceptors (Lipinski definition) is 5. The summed E-state index contributed by atoms with van der Waals surface area (Å²) in [6.45, 7) is 6.88. The maximum Gasteiger partial charge on any atom is 0.166 e. The van der Waals surface area contributed by atoms with Gasteiger partial charge in [-0.05, 0) is 32.4 Å². The lowest BCUT2D eigenvalue weighted by Gasteiger charge is -2.08. The van der Waals surface area contributed by atoms with Crippen molar-refractivity contribution in [3.8, 4) is 11.4 Å². The van der Waals surface area contributed by atoms with Gasteiger partial charge in [0.2, 0.25) is 0 Å². The van der Waals surface area contributed by atoms with Crippen molar-refractivity contribution in [1.29, 1.82) is 0 Å². The Bertz CT molecular complexity index is 813. The minimum Gasteiger partial charge on any atom is -0.370 e. The molecule has 3 heterocycles. The summed E-state index contributed by atoms with van der Waals surface area (Å²) in [5, 5.41) is 4.28. The highest BCUT2D eigenvalue weighted by Gasteiger charge is 2.16. The van der Waals surface area contributed by atoms with Gasteiger partial charge >= 0.3 is 0 Å². The second-order valence-corrected chi connectivity index (χ2v) is 5.95. The van der Waals surface area contributed by atoms with Crippen LogP contribution >= 0.6 is 11.3 Å². The number of hydrogen-bond donors (Lipinski definition) is 1. The number of fused-ring (bicyclic) bond motifs is 1. The highest BCUT2D eigenvalue weighted by Crippen LogP contribution is 2.35. The van der Waals surface area contributed by atoms with E-state index in [-0.39, 0.29) is 0 Å². The molecule has 4 nitrogen and oxygen atoms in total. The van der Waals surface area contributed by atoms with E-state index in [0.717, 1.165) is 22.6 Å². The average Bonchev–Trinajstić information content (AvgIpc) is 2.75. The summed E-state index contributed by atoms with van der Waals surface area (Å²) in [6, 6.07) is 1.60. The van der Waals surface area contributed by atoms with Crippen LogP contribution in [0.5, 0.6) is 0 Å².